The minimum Gasteiger partial charge on any atom is -0.497 e. The van der Waals surface area contributed by atoms with Crippen LogP contribution >= 0.6 is 0 Å². The summed E-state index contributed by atoms with van der Waals surface area (Å²) in [6.07, 6.45) is 1.50. The predicted octanol–water partition coefficient (Wildman–Crippen LogP) is 1.22. The number of anilines is 1. The van der Waals surface area contributed by atoms with Crippen molar-refractivity contribution in [2.24, 2.45) is 10.9 Å². The Morgan fingerprint density at radius 2 is 2.05 bits per heavy atom. The Bertz CT molecular complexity index is 628. The number of aromatic nitrogens is 2. The van der Waals surface area contributed by atoms with Gasteiger partial charge in [0.15, 0.2) is 11.7 Å². The fraction of sp³-hybridized carbons (Fsp3) is 0.214. The number of amidine groups is 1. The highest BCUT2D eigenvalue weighted by Gasteiger charge is 2.13. The largest absolute Gasteiger partial charge is 0.497 e. The van der Waals surface area contributed by atoms with Crippen molar-refractivity contribution in [3.8, 4) is 5.75 Å². The van der Waals surface area contributed by atoms with Gasteiger partial charge < -0.3 is 20.6 Å². The summed E-state index contributed by atoms with van der Waals surface area (Å²) in [5.74, 6) is 1.35. The highest BCUT2D eigenvalue weighted by atomic mass is 16.5. The first-order valence-corrected chi connectivity index (χ1v) is 6.29. The summed E-state index contributed by atoms with van der Waals surface area (Å²) in [6, 6.07) is 9.38. The van der Waals surface area contributed by atoms with E-state index in [1.54, 1.807) is 13.2 Å². The van der Waals surface area contributed by atoms with E-state index < -0.39 is 0 Å². The molecule has 0 saturated carbocycles. The second-order valence-electron chi connectivity index (χ2n) is 4.46. The zero-order chi connectivity index (χ0) is 15.2. The molecule has 21 heavy (non-hydrogen) atoms. The van der Waals surface area contributed by atoms with Crippen LogP contribution in [-0.2, 0) is 6.54 Å². The summed E-state index contributed by atoms with van der Waals surface area (Å²) >= 11 is 0. The zero-order valence-electron chi connectivity index (χ0n) is 11.9. The average Bonchev–Trinajstić information content (AvgIpc) is 2.54. The van der Waals surface area contributed by atoms with E-state index >= 15 is 0 Å². The highest BCUT2D eigenvalue weighted by Crippen LogP contribution is 2.18. The second kappa shape index (κ2) is 6.56. The Hall–Kier alpha value is -2.83. The van der Waals surface area contributed by atoms with Crippen molar-refractivity contribution < 1.29 is 9.94 Å². The monoisotopic (exact) mass is 287 g/mol. The summed E-state index contributed by atoms with van der Waals surface area (Å²) in [7, 11) is 3.49. The van der Waals surface area contributed by atoms with Gasteiger partial charge in [0.05, 0.1) is 18.9 Å². The highest BCUT2D eigenvalue weighted by molar-refractivity contribution is 6.01. The molecule has 2 aromatic rings. The molecule has 0 aliphatic carbocycles. The number of methoxy groups -OCH3 is 1. The minimum atomic E-state index is 0.00137. The zero-order valence-corrected chi connectivity index (χ0v) is 11.9. The van der Waals surface area contributed by atoms with Crippen molar-refractivity contribution in [1.29, 1.82) is 0 Å². The molecule has 1 heterocycles. The summed E-state index contributed by atoms with van der Waals surface area (Å²) < 4.78 is 5.13. The fourth-order valence-corrected chi connectivity index (χ4v) is 1.94. The van der Waals surface area contributed by atoms with E-state index in [9.17, 15) is 0 Å². The molecule has 0 amide bonds. The fourth-order valence-electron chi connectivity index (χ4n) is 1.94. The third-order valence-electron chi connectivity index (χ3n) is 3.03. The maximum atomic E-state index is 8.82. The topological polar surface area (TPSA) is 96.9 Å². The molecule has 0 saturated heterocycles. The number of ether oxygens (including phenoxy) is 1. The molecule has 0 unspecified atom stereocenters. The van der Waals surface area contributed by atoms with Crippen LogP contribution in [0.5, 0.6) is 5.75 Å². The van der Waals surface area contributed by atoms with E-state index in [-0.39, 0.29) is 5.84 Å². The van der Waals surface area contributed by atoms with Crippen LogP contribution < -0.4 is 15.4 Å². The van der Waals surface area contributed by atoms with Gasteiger partial charge in [0, 0.05) is 13.6 Å². The molecule has 0 aliphatic heterocycles. The molecule has 1 aromatic heterocycles. The summed E-state index contributed by atoms with van der Waals surface area (Å²) in [4.78, 5) is 1.88. The van der Waals surface area contributed by atoms with E-state index in [0.29, 0.717) is 17.9 Å². The van der Waals surface area contributed by atoms with Gasteiger partial charge in [-0.25, -0.2) is 0 Å². The Morgan fingerprint density at radius 1 is 1.33 bits per heavy atom. The molecular formula is C14H17N5O2. The number of hydrogen-bond donors (Lipinski definition) is 2. The molecule has 0 fully saturated rings. The van der Waals surface area contributed by atoms with Crippen LogP contribution in [0.4, 0.5) is 5.82 Å². The van der Waals surface area contributed by atoms with E-state index in [1.165, 1.54) is 6.20 Å². The molecular weight excluding hydrogens is 270 g/mol. The smallest absolute Gasteiger partial charge is 0.173 e. The lowest BCUT2D eigenvalue weighted by atomic mass is 10.2. The van der Waals surface area contributed by atoms with Crippen LogP contribution in [-0.4, -0.2) is 35.4 Å². The lowest BCUT2D eigenvalue weighted by molar-refractivity contribution is 0.318. The van der Waals surface area contributed by atoms with Crippen LogP contribution in [0.25, 0.3) is 0 Å². The van der Waals surface area contributed by atoms with Crippen molar-refractivity contribution in [3.05, 3.63) is 47.7 Å². The molecule has 3 N–H and O–H groups in total. The van der Waals surface area contributed by atoms with Crippen LogP contribution in [0.15, 0.2) is 41.7 Å². The van der Waals surface area contributed by atoms with Gasteiger partial charge in [-0.1, -0.05) is 17.3 Å². The van der Waals surface area contributed by atoms with Crippen LogP contribution in [0.3, 0.4) is 0 Å². The van der Waals surface area contributed by atoms with E-state index in [4.69, 9.17) is 15.7 Å². The van der Waals surface area contributed by atoms with Gasteiger partial charge in [-0.2, -0.15) is 5.10 Å². The third-order valence-corrected chi connectivity index (χ3v) is 3.03. The number of nitrogens with two attached hydrogens (primary N) is 1. The Kier molecular flexibility index (Phi) is 4.55. The van der Waals surface area contributed by atoms with Crippen LogP contribution in [0, 0.1) is 0 Å². The summed E-state index contributed by atoms with van der Waals surface area (Å²) in [5.41, 5.74) is 7.26. The number of hydrogen-bond acceptors (Lipinski definition) is 6. The van der Waals surface area contributed by atoms with Gasteiger partial charge in [-0.15, -0.1) is 5.10 Å². The number of oxime groups is 1. The van der Waals surface area contributed by atoms with Gasteiger partial charge in [0.2, 0.25) is 0 Å². The first kappa shape index (κ1) is 14.6. The molecule has 0 bridgehead atoms. The normalized spacial score (nSPS) is 11.2. The first-order chi connectivity index (χ1) is 10.2. The van der Waals surface area contributed by atoms with Crippen molar-refractivity contribution in [3.63, 3.8) is 0 Å². The number of rotatable bonds is 5. The quantitative estimate of drug-likeness (QED) is 0.371. The Morgan fingerprint density at radius 3 is 2.67 bits per heavy atom. The molecule has 0 atom stereocenters. The summed E-state index contributed by atoms with van der Waals surface area (Å²) in [6.45, 7) is 0.606. The predicted molar refractivity (Wildman–Crippen MR) is 79.6 cm³/mol. The van der Waals surface area contributed by atoms with E-state index in [1.807, 2.05) is 36.2 Å². The lowest BCUT2D eigenvalue weighted by Crippen LogP contribution is -2.24. The van der Waals surface area contributed by atoms with E-state index in [0.717, 1.165) is 11.3 Å². The molecule has 1 aromatic carbocycles. The van der Waals surface area contributed by atoms with Gasteiger partial charge in [-0.3, -0.25) is 0 Å². The average molecular weight is 287 g/mol. The molecule has 0 aliphatic rings. The first-order valence-electron chi connectivity index (χ1n) is 6.29. The number of nitrogens with zero attached hydrogens (tertiary/aromatic N) is 4. The maximum Gasteiger partial charge on any atom is 0.173 e. The van der Waals surface area contributed by atoms with Crippen LogP contribution in [0.2, 0.25) is 0 Å². The lowest BCUT2D eigenvalue weighted by Gasteiger charge is -2.20. The van der Waals surface area contributed by atoms with Gasteiger partial charge in [-0.05, 0) is 23.8 Å². The molecule has 0 spiro atoms. The van der Waals surface area contributed by atoms with Crippen molar-refractivity contribution in [2.75, 3.05) is 19.1 Å². The Balaban J connectivity index is 2.21. The molecule has 0 radical (unpaired) electrons. The molecule has 2 rings (SSSR count). The molecule has 7 nitrogen and oxygen atoms in total. The van der Waals surface area contributed by atoms with Gasteiger partial charge in [0.1, 0.15) is 5.75 Å². The number of benzene rings is 1. The third kappa shape index (κ3) is 3.38. The SMILES string of the molecule is COc1ccc(CN(C)c2nnccc2/C(N)=N/O)cc1. The standard InChI is InChI=1S/C14H17N5O2/c1-19(9-10-3-5-11(21-2)6-4-10)14-12(13(15)18-20)7-8-16-17-14/h3-8,20H,9H2,1-2H3,(H2,15,18). The summed E-state index contributed by atoms with van der Waals surface area (Å²) in [5, 5.41) is 19.7. The maximum absolute atomic E-state index is 8.82. The molecule has 7 heteroatoms. The Labute approximate surface area is 122 Å². The van der Waals surface area contributed by atoms with Crippen molar-refractivity contribution >= 4 is 11.7 Å². The minimum absolute atomic E-state index is 0.00137. The second-order valence-corrected chi connectivity index (χ2v) is 4.46. The van der Waals surface area contributed by atoms with Crippen molar-refractivity contribution in [2.45, 2.75) is 6.54 Å². The molecule has 110 valence electrons. The van der Waals surface area contributed by atoms with Gasteiger partial charge >= 0.3 is 0 Å². The van der Waals surface area contributed by atoms with Crippen LogP contribution in [0.1, 0.15) is 11.1 Å². The van der Waals surface area contributed by atoms with Gasteiger partial charge in [0.25, 0.3) is 0 Å². The van der Waals surface area contributed by atoms with E-state index in [2.05, 4.69) is 15.4 Å². The van der Waals surface area contributed by atoms with Crippen molar-refractivity contribution in [1.82, 2.24) is 10.2 Å².